The Morgan fingerprint density at radius 2 is 1.94 bits per heavy atom. The van der Waals surface area contributed by atoms with Crippen LogP contribution in [-0.2, 0) is 0 Å². The molecule has 1 aromatic heterocycles. The second kappa shape index (κ2) is 9.19. The monoisotopic (exact) mass is 474 g/mol. The summed E-state index contributed by atoms with van der Waals surface area (Å²) >= 11 is 14.2. The molecule has 1 aliphatic carbocycles. The van der Waals surface area contributed by atoms with Gasteiger partial charge in [-0.15, -0.1) is 11.3 Å². The van der Waals surface area contributed by atoms with Gasteiger partial charge in [0.05, 0.1) is 22.3 Å². The zero-order valence-electron chi connectivity index (χ0n) is 17.4. The average Bonchev–Trinajstić information content (AvgIpc) is 3.50. The number of thiazole rings is 1. The van der Waals surface area contributed by atoms with Gasteiger partial charge in [0.15, 0.2) is 5.13 Å². The quantitative estimate of drug-likeness (QED) is 0.367. The highest BCUT2D eigenvalue weighted by atomic mass is 35.5. The standard InChI is InChI=1S/C24H24Cl2N2O2S/c1-3-12-28(22(15-4-5-15)16-6-8-17(9-7-16)23(29)30)24-27-21(14(2)31-24)19-11-10-18(25)13-20(19)26/h6-11,13,15,22H,3-5,12H2,1-2H3,(H,29,30). The largest absolute Gasteiger partial charge is 0.478 e. The summed E-state index contributed by atoms with van der Waals surface area (Å²) < 4.78 is 0. The minimum absolute atomic E-state index is 0.182. The second-order valence-corrected chi connectivity index (χ2v) is 9.95. The molecule has 1 aliphatic rings. The minimum atomic E-state index is -0.903. The SMILES string of the molecule is CCCN(c1nc(-c2ccc(Cl)cc2Cl)c(C)s1)C(c1ccc(C(=O)O)cc1)C1CC1. The van der Waals surface area contributed by atoms with Crippen molar-refractivity contribution in [1.82, 2.24) is 4.98 Å². The molecule has 0 saturated heterocycles. The van der Waals surface area contributed by atoms with E-state index in [4.69, 9.17) is 28.2 Å². The number of hydrogen-bond donors (Lipinski definition) is 1. The van der Waals surface area contributed by atoms with Crippen LogP contribution in [0.15, 0.2) is 42.5 Å². The molecule has 0 bridgehead atoms. The van der Waals surface area contributed by atoms with Gasteiger partial charge in [-0.3, -0.25) is 0 Å². The fourth-order valence-corrected chi connectivity index (χ4v) is 5.46. The molecule has 1 heterocycles. The molecule has 0 aliphatic heterocycles. The van der Waals surface area contributed by atoms with Crippen LogP contribution in [0.2, 0.25) is 10.0 Å². The van der Waals surface area contributed by atoms with Crippen LogP contribution in [-0.4, -0.2) is 22.6 Å². The maximum absolute atomic E-state index is 11.3. The Balaban J connectivity index is 1.73. The van der Waals surface area contributed by atoms with Gasteiger partial charge in [0.25, 0.3) is 0 Å². The summed E-state index contributed by atoms with van der Waals surface area (Å²) in [4.78, 5) is 19.8. The van der Waals surface area contributed by atoms with E-state index < -0.39 is 5.97 Å². The van der Waals surface area contributed by atoms with E-state index in [1.807, 2.05) is 24.3 Å². The molecule has 162 valence electrons. The van der Waals surface area contributed by atoms with Gasteiger partial charge >= 0.3 is 5.97 Å². The van der Waals surface area contributed by atoms with Gasteiger partial charge in [0.1, 0.15) is 0 Å². The van der Waals surface area contributed by atoms with E-state index in [1.165, 1.54) is 12.8 Å². The minimum Gasteiger partial charge on any atom is -0.478 e. The summed E-state index contributed by atoms with van der Waals surface area (Å²) in [7, 11) is 0. The maximum atomic E-state index is 11.3. The molecule has 0 spiro atoms. The molecule has 4 nitrogen and oxygen atoms in total. The molecule has 3 aromatic rings. The van der Waals surface area contributed by atoms with E-state index in [1.54, 1.807) is 29.5 Å². The Morgan fingerprint density at radius 1 is 1.23 bits per heavy atom. The first-order valence-electron chi connectivity index (χ1n) is 10.4. The molecular weight excluding hydrogens is 451 g/mol. The Hall–Kier alpha value is -2.08. The number of aromatic nitrogens is 1. The number of carboxylic acid groups (broad SMARTS) is 1. The third kappa shape index (κ3) is 4.74. The van der Waals surface area contributed by atoms with Crippen LogP contribution in [0.4, 0.5) is 5.13 Å². The van der Waals surface area contributed by atoms with Crippen molar-refractivity contribution in [3.8, 4) is 11.3 Å². The first-order chi connectivity index (χ1) is 14.9. The number of aromatic carboxylic acids is 1. The van der Waals surface area contributed by atoms with Gasteiger partial charge in [-0.2, -0.15) is 0 Å². The molecule has 4 rings (SSSR count). The zero-order valence-corrected chi connectivity index (χ0v) is 19.8. The number of anilines is 1. The Kier molecular flexibility index (Phi) is 6.56. The summed E-state index contributed by atoms with van der Waals surface area (Å²) in [5.74, 6) is -0.353. The normalized spacial score (nSPS) is 14.5. The lowest BCUT2D eigenvalue weighted by atomic mass is 9.99. The van der Waals surface area contributed by atoms with Crippen molar-refractivity contribution in [3.63, 3.8) is 0 Å². The van der Waals surface area contributed by atoms with Gasteiger partial charge in [0.2, 0.25) is 0 Å². The smallest absolute Gasteiger partial charge is 0.335 e. The number of hydrogen-bond acceptors (Lipinski definition) is 4. The van der Waals surface area contributed by atoms with Crippen molar-refractivity contribution in [2.45, 2.75) is 39.2 Å². The van der Waals surface area contributed by atoms with E-state index in [-0.39, 0.29) is 6.04 Å². The first-order valence-corrected chi connectivity index (χ1v) is 12.0. The molecule has 1 fully saturated rings. The Morgan fingerprint density at radius 3 is 2.52 bits per heavy atom. The highest BCUT2D eigenvalue weighted by Gasteiger charge is 2.37. The molecule has 7 heteroatoms. The van der Waals surface area contributed by atoms with Crippen molar-refractivity contribution in [2.24, 2.45) is 5.92 Å². The van der Waals surface area contributed by atoms with E-state index in [0.717, 1.165) is 39.8 Å². The highest BCUT2D eigenvalue weighted by molar-refractivity contribution is 7.16. The van der Waals surface area contributed by atoms with Crippen molar-refractivity contribution < 1.29 is 9.90 Å². The zero-order chi connectivity index (χ0) is 22.1. The predicted molar refractivity (Wildman–Crippen MR) is 129 cm³/mol. The predicted octanol–water partition coefficient (Wildman–Crippen LogP) is 7.49. The van der Waals surface area contributed by atoms with E-state index in [9.17, 15) is 9.90 Å². The summed E-state index contributed by atoms with van der Waals surface area (Å²) in [5.41, 5.74) is 3.22. The first kappa shape index (κ1) is 22.1. The summed E-state index contributed by atoms with van der Waals surface area (Å²) in [6.07, 6.45) is 3.34. The van der Waals surface area contributed by atoms with Crippen LogP contribution in [0.5, 0.6) is 0 Å². The molecular formula is C24H24Cl2N2O2S. The lowest BCUT2D eigenvalue weighted by molar-refractivity contribution is 0.0697. The number of aryl methyl sites for hydroxylation is 1. The maximum Gasteiger partial charge on any atom is 0.335 e. The van der Waals surface area contributed by atoms with E-state index in [0.29, 0.717) is 21.5 Å². The van der Waals surface area contributed by atoms with Crippen molar-refractivity contribution >= 4 is 45.6 Å². The van der Waals surface area contributed by atoms with Crippen LogP contribution in [0.3, 0.4) is 0 Å². The van der Waals surface area contributed by atoms with Gasteiger partial charge in [-0.05, 0) is 68.0 Å². The van der Waals surface area contributed by atoms with Crippen LogP contribution in [0.1, 0.15) is 53.0 Å². The molecule has 2 aromatic carbocycles. The molecule has 1 unspecified atom stereocenters. The summed E-state index contributed by atoms with van der Waals surface area (Å²) in [6.45, 7) is 5.11. The molecule has 1 N–H and O–H groups in total. The molecule has 1 atom stereocenters. The van der Waals surface area contributed by atoms with E-state index in [2.05, 4.69) is 18.7 Å². The Bertz CT molecular complexity index is 1090. The third-order valence-electron chi connectivity index (χ3n) is 5.59. The van der Waals surface area contributed by atoms with Gasteiger partial charge in [0, 0.05) is 22.0 Å². The van der Waals surface area contributed by atoms with Crippen molar-refractivity contribution in [3.05, 3.63) is 68.5 Å². The van der Waals surface area contributed by atoms with Crippen LogP contribution in [0.25, 0.3) is 11.3 Å². The number of carboxylic acids is 1. The van der Waals surface area contributed by atoms with Crippen LogP contribution < -0.4 is 4.90 Å². The molecule has 0 amide bonds. The third-order valence-corrected chi connectivity index (χ3v) is 7.14. The highest BCUT2D eigenvalue weighted by Crippen LogP contribution is 2.48. The van der Waals surface area contributed by atoms with Crippen molar-refractivity contribution in [1.29, 1.82) is 0 Å². The molecule has 0 radical (unpaired) electrons. The van der Waals surface area contributed by atoms with Crippen LogP contribution >= 0.6 is 34.5 Å². The fourth-order valence-electron chi connectivity index (χ4n) is 3.97. The van der Waals surface area contributed by atoms with E-state index >= 15 is 0 Å². The Labute approximate surface area is 196 Å². The molecule has 31 heavy (non-hydrogen) atoms. The number of rotatable bonds is 8. The number of carbonyl (C=O) groups is 1. The van der Waals surface area contributed by atoms with Crippen molar-refractivity contribution in [2.75, 3.05) is 11.4 Å². The second-order valence-electron chi connectivity index (χ2n) is 7.93. The van der Waals surface area contributed by atoms with Gasteiger partial charge in [-0.25, -0.2) is 9.78 Å². The van der Waals surface area contributed by atoms with Crippen LogP contribution in [0, 0.1) is 12.8 Å². The topological polar surface area (TPSA) is 53.4 Å². The lowest BCUT2D eigenvalue weighted by Gasteiger charge is -2.32. The number of benzene rings is 2. The lowest BCUT2D eigenvalue weighted by Crippen LogP contribution is -2.31. The van der Waals surface area contributed by atoms with Gasteiger partial charge in [-0.1, -0.05) is 42.3 Å². The molecule has 1 saturated carbocycles. The fraction of sp³-hybridized carbons (Fsp3) is 0.333. The number of nitrogens with zero attached hydrogens (tertiary/aromatic N) is 2. The summed E-state index contributed by atoms with van der Waals surface area (Å²) in [5, 5.41) is 11.4. The number of halogens is 2. The van der Waals surface area contributed by atoms with Gasteiger partial charge < -0.3 is 10.0 Å². The summed E-state index contributed by atoms with van der Waals surface area (Å²) in [6, 6.07) is 13.0. The average molecular weight is 475 g/mol.